The number of carboxylic acid groups (broad SMARTS) is 1. The number of ether oxygens (including phenoxy) is 1. The van der Waals surface area contributed by atoms with Crippen molar-refractivity contribution in [2.45, 2.75) is 11.8 Å². The van der Waals surface area contributed by atoms with E-state index in [1.807, 2.05) is 0 Å². The fraction of sp³-hybridized carbons (Fsp3) is 0.364. The predicted molar refractivity (Wildman–Crippen MR) is 64.7 cm³/mol. The lowest BCUT2D eigenvalue weighted by Crippen LogP contribution is -2.32. The van der Waals surface area contributed by atoms with Crippen LogP contribution >= 0.6 is 11.8 Å². The lowest BCUT2D eigenvalue weighted by Gasteiger charge is -2.08. The molecule has 3 N–H and O–H groups in total. The molecule has 0 bridgehead atoms. The van der Waals surface area contributed by atoms with Crippen LogP contribution in [0.25, 0.3) is 0 Å². The number of halogens is 1. The third-order valence-electron chi connectivity index (χ3n) is 2.14. The third-order valence-corrected chi connectivity index (χ3v) is 3.25. The molecule has 94 valence electrons. The van der Waals surface area contributed by atoms with Crippen LogP contribution in [-0.4, -0.2) is 30.0 Å². The molecule has 17 heavy (non-hydrogen) atoms. The second-order valence-corrected chi connectivity index (χ2v) is 4.42. The molecule has 1 aromatic rings. The summed E-state index contributed by atoms with van der Waals surface area (Å²) in [6, 6.07) is 3.94. The van der Waals surface area contributed by atoms with Gasteiger partial charge in [-0.1, -0.05) is 12.1 Å². The summed E-state index contributed by atoms with van der Waals surface area (Å²) in [5.74, 6) is -0.670. The van der Waals surface area contributed by atoms with Crippen LogP contribution in [0, 0.1) is 5.82 Å². The minimum absolute atomic E-state index is 0.186. The number of carboxylic acids is 1. The average molecular weight is 259 g/mol. The third kappa shape index (κ3) is 3.90. The molecule has 1 rings (SSSR count). The van der Waals surface area contributed by atoms with Crippen molar-refractivity contribution in [2.75, 3.05) is 12.9 Å². The SMILES string of the molecule is COc1cccc(CSC[C@@H](N)C(=O)O)c1F. The highest BCUT2D eigenvalue weighted by molar-refractivity contribution is 7.98. The van der Waals surface area contributed by atoms with Crippen molar-refractivity contribution in [3.05, 3.63) is 29.6 Å². The van der Waals surface area contributed by atoms with E-state index >= 15 is 0 Å². The number of carbonyl (C=O) groups is 1. The first kappa shape index (κ1) is 13.8. The van der Waals surface area contributed by atoms with Crippen molar-refractivity contribution in [3.63, 3.8) is 0 Å². The molecule has 4 nitrogen and oxygen atoms in total. The summed E-state index contributed by atoms with van der Waals surface area (Å²) >= 11 is 1.27. The monoisotopic (exact) mass is 259 g/mol. The van der Waals surface area contributed by atoms with E-state index in [1.54, 1.807) is 12.1 Å². The van der Waals surface area contributed by atoms with Crippen molar-refractivity contribution in [1.82, 2.24) is 0 Å². The fourth-order valence-corrected chi connectivity index (χ4v) is 2.15. The van der Waals surface area contributed by atoms with Gasteiger partial charge in [-0.05, 0) is 6.07 Å². The maximum Gasteiger partial charge on any atom is 0.321 e. The molecular formula is C11H14FNO3S. The standard InChI is InChI=1S/C11H14FNO3S/c1-16-9-4-2-3-7(10(9)12)5-17-6-8(13)11(14)15/h2-4,8H,5-6,13H2,1H3,(H,14,15)/t8-/m1/s1. The minimum atomic E-state index is -1.05. The highest BCUT2D eigenvalue weighted by atomic mass is 32.2. The van der Waals surface area contributed by atoms with Gasteiger partial charge in [0, 0.05) is 17.1 Å². The van der Waals surface area contributed by atoms with Crippen LogP contribution in [-0.2, 0) is 10.5 Å². The molecule has 0 aliphatic heterocycles. The Labute approximate surface area is 103 Å². The zero-order valence-corrected chi connectivity index (χ0v) is 10.2. The van der Waals surface area contributed by atoms with Gasteiger partial charge in [0.25, 0.3) is 0 Å². The van der Waals surface area contributed by atoms with Crippen molar-refractivity contribution in [1.29, 1.82) is 0 Å². The van der Waals surface area contributed by atoms with Crippen LogP contribution < -0.4 is 10.5 Å². The quantitative estimate of drug-likeness (QED) is 0.809. The molecule has 0 radical (unpaired) electrons. The number of nitrogens with two attached hydrogens (primary N) is 1. The largest absolute Gasteiger partial charge is 0.494 e. The summed E-state index contributed by atoms with van der Waals surface area (Å²) in [7, 11) is 1.40. The average Bonchev–Trinajstić information content (AvgIpc) is 2.31. The summed E-state index contributed by atoms with van der Waals surface area (Å²) in [6.45, 7) is 0. The predicted octanol–water partition coefficient (Wildman–Crippen LogP) is 1.48. The highest BCUT2D eigenvalue weighted by Crippen LogP contribution is 2.23. The molecule has 0 aromatic heterocycles. The summed E-state index contributed by atoms with van der Waals surface area (Å²) in [5.41, 5.74) is 5.81. The Morgan fingerprint density at radius 2 is 2.35 bits per heavy atom. The van der Waals surface area contributed by atoms with E-state index in [0.29, 0.717) is 11.3 Å². The molecule has 0 saturated heterocycles. The van der Waals surface area contributed by atoms with E-state index in [-0.39, 0.29) is 11.5 Å². The fourth-order valence-electron chi connectivity index (χ4n) is 1.19. The summed E-state index contributed by atoms with van der Waals surface area (Å²) in [4.78, 5) is 10.5. The maximum absolute atomic E-state index is 13.7. The summed E-state index contributed by atoms with van der Waals surface area (Å²) in [6.07, 6.45) is 0. The second kappa shape index (κ2) is 6.46. The normalized spacial score (nSPS) is 12.2. The van der Waals surface area contributed by atoms with Gasteiger partial charge in [-0.2, -0.15) is 11.8 Å². The lowest BCUT2D eigenvalue weighted by molar-refractivity contribution is -0.137. The molecule has 0 aliphatic rings. The summed E-state index contributed by atoms with van der Waals surface area (Å²) in [5, 5.41) is 8.58. The molecule has 0 amide bonds. The van der Waals surface area contributed by atoms with Crippen LogP contribution in [0.3, 0.4) is 0 Å². The van der Waals surface area contributed by atoms with Crippen LogP contribution in [0.1, 0.15) is 5.56 Å². The maximum atomic E-state index is 13.7. The minimum Gasteiger partial charge on any atom is -0.494 e. The van der Waals surface area contributed by atoms with Gasteiger partial charge in [-0.3, -0.25) is 4.79 Å². The number of thioether (sulfide) groups is 1. The highest BCUT2D eigenvalue weighted by Gasteiger charge is 2.13. The molecule has 0 heterocycles. The van der Waals surface area contributed by atoms with Crippen molar-refractivity contribution < 1.29 is 19.0 Å². The Morgan fingerprint density at radius 1 is 1.65 bits per heavy atom. The smallest absolute Gasteiger partial charge is 0.321 e. The van der Waals surface area contributed by atoms with E-state index in [0.717, 1.165) is 0 Å². The second-order valence-electron chi connectivity index (χ2n) is 3.39. The van der Waals surface area contributed by atoms with Crippen LogP contribution in [0.4, 0.5) is 4.39 Å². The molecule has 0 saturated carbocycles. The van der Waals surface area contributed by atoms with Gasteiger partial charge < -0.3 is 15.6 Å². The Morgan fingerprint density at radius 3 is 2.94 bits per heavy atom. The first-order chi connectivity index (χ1) is 8.06. The number of rotatable bonds is 6. The van der Waals surface area contributed by atoms with Crippen LogP contribution in [0.2, 0.25) is 0 Å². The van der Waals surface area contributed by atoms with Gasteiger partial charge in [0.2, 0.25) is 0 Å². The zero-order chi connectivity index (χ0) is 12.8. The van der Waals surface area contributed by atoms with Gasteiger partial charge in [0.05, 0.1) is 7.11 Å². The Balaban J connectivity index is 2.55. The number of aliphatic carboxylic acids is 1. The topological polar surface area (TPSA) is 72.5 Å². The molecule has 0 fully saturated rings. The first-order valence-corrected chi connectivity index (χ1v) is 6.09. The van der Waals surface area contributed by atoms with Crippen molar-refractivity contribution in [2.24, 2.45) is 5.73 Å². The Kier molecular flexibility index (Phi) is 5.24. The van der Waals surface area contributed by atoms with E-state index in [2.05, 4.69) is 0 Å². The Bertz CT molecular complexity index is 400. The molecule has 6 heteroatoms. The number of hydrogen-bond acceptors (Lipinski definition) is 4. The number of hydrogen-bond donors (Lipinski definition) is 2. The van der Waals surface area contributed by atoms with E-state index in [4.69, 9.17) is 15.6 Å². The molecule has 0 spiro atoms. The first-order valence-electron chi connectivity index (χ1n) is 4.93. The summed E-state index contributed by atoms with van der Waals surface area (Å²) < 4.78 is 18.5. The van der Waals surface area contributed by atoms with Gasteiger partial charge in [-0.25, -0.2) is 4.39 Å². The van der Waals surface area contributed by atoms with Gasteiger partial charge in [-0.15, -0.1) is 0 Å². The number of benzene rings is 1. The van der Waals surface area contributed by atoms with Gasteiger partial charge in [0.15, 0.2) is 11.6 Å². The number of methoxy groups -OCH3 is 1. The molecule has 1 atom stereocenters. The van der Waals surface area contributed by atoms with Crippen molar-refractivity contribution >= 4 is 17.7 Å². The molecule has 1 aromatic carbocycles. The van der Waals surface area contributed by atoms with Crippen LogP contribution in [0.15, 0.2) is 18.2 Å². The zero-order valence-electron chi connectivity index (χ0n) is 9.35. The Hall–Kier alpha value is -1.27. The van der Waals surface area contributed by atoms with E-state index in [1.165, 1.54) is 24.9 Å². The molecular weight excluding hydrogens is 245 g/mol. The van der Waals surface area contributed by atoms with E-state index < -0.39 is 17.8 Å². The van der Waals surface area contributed by atoms with Crippen molar-refractivity contribution in [3.8, 4) is 5.75 Å². The molecule has 0 aliphatic carbocycles. The van der Waals surface area contributed by atoms with Gasteiger partial charge >= 0.3 is 5.97 Å². The molecule has 0 unspecified atom stereocenters. The van der Waals surface area contributed by atoms with E-state index in [9.17, 15) is 9.18 Å². The van der Waals surface area contributed by atoms with Crippen LogP contribution in [0.5, 0.6) is 5.75 Å². The lowest BCUT2D eigenvalue weighted by atomic mass is 10.2. The van der Waals surface area contributed by atoms with Gasteiger partial charge in [0.1, 0.15) is 6.04 Å².